The van der Waals surface area contributed by atoms with Crippen LogP contribution in [0.15, 0.2) is 0 Å². The Kier molecular flexibility index (Phi) is 2.93. The Labute approximate surface area is 93.6 Å². The molecule has 1 saturated carbocycles. The third-order valence-electron chi connectivity index (χ3n) is 3.50. The maximum Gasteiger partial charge on any atom is 0.147 e. The molecule has 1 aliphatic carbocycles. The summed E-state index contributed by atoms with van der Waals surface area (Å²) in [5.41, 5.74) is 0. The summed E-state index contributed by atoms with van der Waals surface area (Å²) >= 11 is 2.33. The van der Waals surface area contributed by atoms with E-state index in [1.165, 1.54) is 25.7 Å². The van der Waals surface area contributed by atoms with Crippen molar-refractivity contribution in [1.82, 2.24) is 3.11 Å². The minimum absolute atomic E-state index is 0.228. The highest BCUT2D eigenvalue weighted by Gasteiger charge is 2.43. The monoisotopic (exact) mass is 293 g/mol. The van der Waals surface area contributed by atoms with Crippen LogP contribution in [-0.2, 0) is 4.79 Å². The van der Waals surface area contributed by atoms with Gasteiger partial charge in [-0.15, -0.1) is 0 Å². The molecule has 0 unspecified atom stereocenters. The third-order valence-corrected chi connectivity index (χ3v) is 4.49. The van der Waals surface area contributed by atoms with E-state index < -0.39 is 0 Å². The first-order chi connectivity index (χ1) is 6.20. The van der Waals surface area contributed by atoms with E-state index in [-0.39, 0.29) is 6.04 Å². The molecule has 2 fully saturated rings. The zero-order chi connectivity index (χ0) is 9.42. The van der Waals surface area contributed by atoms with Crippen LogP contribution >= 0.6 is 22.9 Å². The maximum absolute atomic E-state index is 11.5. The molecule has 1 heterocycles. The molecule has 1 aliphatic heterocycles. The lowest BCUT2D eigenvalue weighted by molar-refractivity contribution is -0.120. The molecule has 74 valence electrons. The second-order valence-corrected chi connectivity index (χ2v) is 5.59. The first kappa shape index (κ1) is 9.90. The van der Waals surface area contributed by atoms with Crippen molar-refractivity contribution >= 4 is 28.6 Å². The highest BCUT2D eigenvalue weighted by atomic mass is 127. The summed E-state index contributed by atoms with van der Waals surface area (Å²) in [6.45, 7) is 2.88. The van der Waals surface area contributed by atoms with E-state index in [4.69, 9.17) is 0 Å². The van der Waals surface area contributed by atoms with Gasteiger partial charge in [-0.1, -0.05) is 12.8 Å². The number of rotatable bonds is 1. The zero-order valence-electron chi connectivity index (χ0n) is 8.00. The van der Waals surface area contributed by atoms with Crippen LogP contribution in [-0.4, -0.2) is 21.5 Å². The smallest absolute Gasteiger partial charge is 0.147 e. The summed E-state index contributed by atoms with van der Waals surface area (Å²) in [5, 5.41) is 0. The van der Waals surface area contributed by atoms with E-state index >= 15 is 0 Å². The first-order valence-electron chi connectivity index (χ1n) is 5.13. The molecule has 2 nitrogen and oxygen atoms in total. The molecular formula is C10H16INO. The molecule has 3 atom stereocenters. The van der Waals surface area contributed by atoms with E-state index in [1.54, 1.807) is 6.92 Å². The number of hydrogen-bond acceptors (Lipinski definition) is 2. The summed E-state index contributed by atoms with van der Waals surface area (Å²) in [7, 11) is 0. The molecule has 2 aliphatic rings. The summed E-state index contributed by atoms with van der Waals surface area (Å²) in [4.78, 5) is 11.5. The SMILES string of the molecule is CC(=O)[C@@H]1[C@H]2CCCC[C@H]2CN1I. The number of fused-ring (bicyclic) bond motifs is 1. The molecule has 0 aromatic carbocycles. The van der Waals surface area contributed by atoms with Gasteiger partial charge < -0.3 is 0 Å². The van der Waals surface area contributed by atoms with Gasteiger partial charge in [-0.3, -0.25) is 4.79 Å². The highest BCUT2D eigenvalue weighted by molar-refractivity contribution is 14.1. The van der Waals surface area contributed by atoms with Gasteiger partial charge in [0.15, 0.2) is 0 Å². The van der Waals surface area contributed by atoms with Gasteiger partial charge in [0.1, 0.15) is 5.78 Å². The number of hydrogen-bond donors (Lipinski definition) is 0. The van der Waals surface area contributed by atoms with Crippen molar-refractivity contribution < 1.29 is 4.79 Å². The van der Waals surface area contributed by atoms with Crippen molar-refractivity contribution in [1.29, 1.82) is 0 Å². The fraction of sp³-hybridized carbons (Fsp3) is 0.900. The molecule has 0 radical (unpaired) electrons. The molecule has 0 amide bonds. The maximum atomic E-state index is 11.5. The van der Waals surface area contributed by atoms with Crippen LogP contribution in [0, 0.1) is 11.8 Å². The minimum Gasteiger partial charge on any atom is -0.298 e. The lowest BCUT2D eigenvalue weighted by Gasteiger charge is -2.27. The van der Waals surface area contributed by atoms with Crippen LogP contribution in [0.4, 0.5) is 0 Å². The van der Waals surface area contributed by atoms with Crippen molar-refractivity contribution in [3.8, 4) is 0 Å². The van der Waals surface area contributed by atoms with Crippen LogP contribution in [0.5, 0.6) is 0 Å². The molecule has 0 N–H and O–H groups in total. The standard InChI is InChI=1S/C10H16INO/c1-7(13)10-9-5-3-2-4-8(9)6-12(10)11/h8-10H,2-6H2,1H3/t8-,9-,10+/m0/s1. The predicted octanol–water partition coefficient (Wildman–Crippen LogP) is 2.42. The Morgan fingerprint density at radius 1 is 1.38 bits per heavy atom. The lowest BCUT2D eigenvalue weighted by Crippen LogP contribution is -2.33. The molecule has 0 bridgehead atoms. The molecule has 1 saturated heterocycles. The number of Topliss-reactive ketones (excluding diaryl/α,β-unsaturated/α-hetero) is 1. The van der Waals surface area contributed by atoms with E-state index in [0.717, 1.165) is 12.5 Å². The third kappa shape index (κ3) is 1.77. The lowest BCUT2D eigenvalue weighted by atomic mass is 9.78. The van der Waals surface area contributed by atoms with Crippen LogP contribution in [0.25, 0.3) is 0 Å². The summed E-state index contributed by atoms with van der Waals surface area (Å²) < 4.78 is 2.24. The average molecular weight is 293 g/mol. The van der Waals surface area contributed by atoms with E-state index in [0.29, 0.717) is 11.7 Å². The predicted molar refractivity (Wildman–Crippen MR) is 60.6 cm³/mol. The van der Waals surface area contributed by atoms with Gasteiger partial charge in [0, 0.05) is 29.4 Å². The molecule has 2 rings (SSSR count). The molecule has 13 heavy (non-hydrogen) atoms. The first-order valence-corrected chi connectivity index (χ1v) is 6.09. The molecule has 0 aromatic rings. The number of carbonyl (C=O) groups excluding carboxylic acids is 1. The van der Waals surface area contributed by atoms with Crippen molar-refractivity contribution in [2.75, 3.05) is 6.54 Å². The van der Waals surface area contributed by atoms with Crippen molar-refractivity contribution in [3.05, 3.63) is 0 Å². The van der Waals surface area contributed by atoms with Crippen molar-refractivity contribution in [2.24, 2.45) is 11.8 Å². The normalized spacial score (nSPS) is 40.3. The van der Waals surface area contributed by atoms with Crippen LogP contribution in [0.1, 0.15) is 32.6 Å². The number of ketones is 1. The van der Waals surface area contributed by atoms with Gasteiger partial charge >= 0.3 is 0 Å². The van der Waals surface area contributed by atoms with Crippen molar-refractivity contribution in [3.63, 3.8) is 0 Å². The Hall–Kier alpha value is 0.360. The largest absolute Gasteiger partial charge is 0.298 e. The second-order valence-electron chi connectivity index (χ2n) is 4.35. The van der Waals surface area contributed by atoms with Crippen molar-refractivity contribution in [2.45, 2.75) is 38.6 Å². The fourth-order valence-corrected chi connectivity index (χ4v) is 4.23. The van der Waals surface area contributed by atoms with Gasteiger partial charge in [0.2, 0.25) is 0 Å². The van der Waals surface area contributed by atoms with Gasteiger partial charge in [0.25, 0.3) is 0 Å². The van der Waals surface area contributed by atoms with Gasteiger partial charge in [-0.25, -0.2) is 3.11 Å². The summed E-state index contributed by atoms with van der Waals surface area (Å²) in [6, 6.07) is 0.228. The number of halogens is 1. The highest BCUT2D eigenvalue weighted by Crippen LogP contribution is 2.42. The minimum atomic E-state index is 0.228. The van der Waals surface area contributed by atoms with E-state index in [9.17, 15) is 4.79 Å². The second kappa shape index (κ2) is 3.85. The molecule has 0 spiro atoms. The van der Waals surface area contributed by atoms with E-state index in [2.05, 4.69) is 26.0 Å². The van der Waals surface area contributed by atoms with Crippen LogP contribution in [0.2, 0.25) is 0 Å². The topological polar surface area (TPSA) is 20.3 Å². The Balaban J connectivity index is 2.13. The van der Waals surface area contributed by atoms with E-state index in [1.807, 2.05) is 0 Å². The number of nitrogens with zero attached hydrogens (tertiary/aromatic N) is 1. The summed E-state index contributed by atoms with van der Waals surface area (Å²) in [5.74, 6) is 1.84. The number of carbonyl (C=O) groups is 1. The van der Waals surface area contributed by atoms with Crippen LogP contribution < -0.4 is 0 Å². The Bertz CT molecular complexity index is 219. The van der Waals surface area contributed by atoms with Gasteiger partial charge in [0.05, 0.1) is 6.04 Å². The Morgan fingerprint density at radius 3 is 2.77 bits per heavy atom. The van der Waals surface area contributed by atoms with Gasteiger partial charge in [-0.05, 0) is 31.6 Å². The molecule has 0 aromatic heterocycles. The zero-order valence-corrected chi connectivity index (χ0v) is 10.2. The fourth-order valence-electron chi connectivity index (χ4n) is 2.92. The molecule has 3 heteroatoms. The average Bonchev–Trinajstić information content (AvgIpc) is 2.39. The quantitative estimate of drug-likeness (QED) is 0.546. The van der Waals surface area contributed by atoms with Gasteiger partial charge in [-0.2, -0.15) is 0 Å². The van der Waals surface area contributed by atoms with Crippen LogP contribution in [0.3, 0.4) is 0 Å². The summed E-state index contributed by atoms with van der Waals surface area (Å²) in [6.07, 6.45) is 5.31. The Morgan fingerprint density at radius 2 is 2.08 bits per heavy atom. The molecular weight excluding hydrogens is 277 g/mol.